The summed E-state index contributed by atoms with van der Waals surface area (Å²) < 4.78 is 15.8. The van der Waals surface area contributed by atoms with E-state index in [1.165, 1.54) is 187 Å². The molecule has 0 aliphatic heterocycles. The van der Waals surface area contributed by atoms with E-state index in [9.17, 15) is 9.59 Å². The smallest absolute Gasteiger partial charge is 0.308 e. The van der Waals surface area contributed by atoms with Crippen molar-refractivity contribution in [1.29, 1.82) is 0 Å². The number of hydrogen-bond donors (Lipinski definition) is 0. The summed E-state index contributed by atoms with van der Waals surface area (Å²) in [5, 5.41) is 0. The van der Waals surface area contributed by atoms with Gasteiger partial charge in [0, 0.05) is 13.5 Å². The van der Waals surface area contributed by atoms with Crippen molar-refractivity contribution in [3.05, 3.63) is 0 Å². The molecule has 0 aromatic rings. The van der Waals surface area contributed by atoms with E-state index in [0.29, 0.717) is 6.61 Å². The molecule has 0 fully saturated rings. The summed E-state index contributed by atoms with van der Waals surface area (Å²) in [6, 6.07) is 0. The maximum Gasteiger partial charge on any atom is 0.308 e. The number of hydrogen-bond acceptors (Lipinski definition) is 6. The van der Waals surface area contributed by atoms with E-state index in [2.05, 4.69) is 46.4 Å². The number of rotatable bonds is 39. The molecule has 0 aliphatic carbocycles. The molecule has 0 aromatic heterocycles. The van der Waals surface area contributed by atoms with Crippen LogP contribution in [0.2, 0.25) is 0 Å². The van der Waals surface area contributed by atoms with E-state index in [4.69, 9.17) is 14.2 Å². The second-order valence-corrected chi connectivity index (χ2v) is 17.8. The molecule has 0 rings (SSSR count). The molecular formula is C53H111NO5. The Bertz CT molecular complexity index is 724. The molecule has 0 N–H and O–H groups in total. The van der Waals surface area contributed by atoms with E-state index in [1.807, 2.05) is 41.8 Å². The summed E-state index contributed by atoms with van der Waals surface area (Å²) in [6.07, 6.45) is 41.8. The fraction of sp³-hybridized carbons (Fsp3) is 0.962. The number of unbranched alkanes of at least 4 members (excludes halogenated alkanes) is 20. The van der Waals surface area contributed by atoms with Crippen LogP contribution in [0.5, 0.6) is 0 Å². The Hall–Kier alpha value is -1.14. The van der Waals surface area contributed by atoms with E-state index in [1.54, 1.807) is 0 Å². The molecule has 0 aromatic carbocycles. The molecule has 2 atom stereocenters. The van der Waals surface area contributed by atoms with Crippen LogP contribution in [0, 0.1) is 17.8 Å². The van der Waals surface area contributed by atoms with Gasteiger partial charge in [0.2, 0.25) is 0 Å². The fourth-order valence-corrected chi connectivity index (χ4v) is 6.85. The molecule has 0 spiro atoms. The largest absolute Gasteiger partial charge is 0.463 e. The van der Waals surface area contributed by atoms with E-state index in [0.717, 1.165) is 31.2 Å². The second-order valence-electron chi connectivity index (χ2n) is 17.8. The normalized spacial score (nSPS) is 11.9. The first-order valence-corrected chi connectivity index (χ1v) is 26.0. The van der Waals surface area contributed by atoms with Gasteiger partial charge in [0.1, 0.15) is 19.3 Å². The van der Waals surface area contributed by atoms with Gasteiger partial charge in [-0.3, -0.25) is 9.59 Å². The van der Waals surface area contributed by atoms with Crippen molar-refractivity contribution in [2.45, 2.75) is 275 Å². The van der Waals surface area contributed by atoms with E-state index in [-0.39, 0.29) is 31.1 Å². The summed E-state index contributed by atoms with van der Waals surface area (Å²) in [6.45, 7) is 24.8. The van der Waals surface area contributed by atoms with Gasteiger partial charge < -0.3 is 19.1 Å². The van der Waals surface area contributed by atoms with Crippen molar-refractivity contribution >= 4 is 11.9 Å². The number of carbonyl (C=O) groups excluding carboxylic acids is 2. The molecule has 2 unspecified atom stereocenters. The predicted molar refractivity (Wildman–Crippen MR) is 262 cm³/mol. The minimum atomic E-state index is -0.413. The van der Waals surface area contributed by atoms with Crippen molar-refractivity contribution in [1.82, 2.24) is 4.90 Å². The highest BCUT2D eigenvalue weighted by Crippen LogP contribution is 2.20. The molecule has 59 heavy (non-hydrogen) atoms. The highest BCUT2D eigenvalue weighted by atomic mass is 16.6. The Morgan fingerprint density at radius 3 is 1.10 bits per heavy atom. The van der Waals surface area contributed by atoms with Crippen LogP contribution in [0.15, 0.2) is 0 Å². The third-order valence-corrected chi connectivity index (χ3v) is 11.2. The third-order valence-electron chi connectivity index (χ3n) is 11.2. The van der Waals surface area contributed by atoms with Crippen LogP contribution >= 0.6 is 0 Å². The molecular weight excluding hydrogens is 731 g/mol. The number of ether oxygens (including phenoxy) is 3. The average molecular weight is 842 g/mol. The molecule has 0 bridgehead atoms. The molecule has 0 saturated carbocycles. The Kier molecular flexibility index (Phi) is 60.0. The molecule has 358 valence electrons. The van der Waals surface area contributed by atoms with Gasteiger partial charge >= 0.3 is 11.9 Å². The molecule has 0 amide bonds. The van der Waals surface area contributed by atoms with Crippen LogP contribution in [0.3, 0.4) is 0 Å². The Morgan fingerprint density at radius 2 is 0.797 bits per heavy atom. The number of esters is 2. The number of carbonyl (C=O) groups is 2. The SMILES string of the molecule is CC.CCC(C)C(=O)OCC(COC(C)=O)OCCCN(C)C.CCCCCCCCC(C)CCCCCCCC.CCCCCCCCC(C)CCCCCCCC. The topological polar surface area (TPSA) is 65.1 Å². The van der Waals surface area contributed by atoms with Gasteiger partial charge in [-0.1, -0.05) is 249 Å². The van der Waals surface area contributed by atoms with Crippen LogP contribution in [-0.4, -0.2) is 63.4 Å². The zero-order valence-electron chi connectivity index (χ0n) is 42.8. The van der Waals surface area contributed by atoms with Gasteiger partial charge in [-0.05, 0) is 45.3 Å². The molecule has 6 heteroatoms. The Labute approximate surface area is 372 Å². The van der Waals surface area contributed by atoms with Crippen molar-refractivity contribution in [2.75, 3.05) is 40.5 Å². The van der Waals surface area contributed by atoms with Crippen molar-refractivity contribution in [3.8, 4) is 0 Å². The van der Waals surface area contributed by atoms with Crippen molar-refractivity contribution in [3.63, 3.8) is 0 Å². The summed E-state index contributed by atoms with van der Waals surface area (Å²) in [5.74, 6) is 1.20. The van der Waals surface area contributed by atoms with Gasteiger partial charge in [-0.25, -0.2) is 0 Å². The molecule has 6 nitrogen and oxygen atoms in total. The van der Waals surface area contributed by atoms with E-state index < -0.39 is 6.10 Å². The molecule has 0 saturated heterocycles. The van der Waals surface area contributed by atoms with Crippen molar-refractivity contribution in [2.24, 2.45) is 17.8 Å². The average Bonchev–Trinajstić information content (AvgIpc) is 3.23. The highest BCUT2D eigenvalue weighted by Gasteiger charge is 2.17. The second kappa shape index (κ2) is 54.9. The van der Waals surface area contributed by atoms with Gasteiger partial charge in [0.05, 0.1) is 5.92 Å². The first-order valence-electron chi connectivity index (χ1n) is 26.0. The molecule has 0 aliphatic rings. The minimum Gasteiger partial charge on any atom is -0.463 e. The predicted octanol–water partition coefficient (Wildman–Crippen LogP) is 16.7. The summed E-state index contributed by atoms with van der Waals surface area (Å²) in [7, 11) is 3.98. The summed E-state index contributed by atoms with van der Waals surface area (Å²) in [5.41, 5.74) is 0. The Morgan fingerprint density at radius 1 is 0.475 bits per heavy atom. The van der Waals surface area contributed by atoms with Gasteiger partial charge in [-0.15, -0.1) is 0 Å². The van der Waals surface area contributed by atoms with Gasteiger partial charge in [-0.2, -0.15) is 0 Å². The van der Waals surface area contributed by atoms with Crippen LogP contribution in [-0.2, 0) is 23.8 Å². The lowest BCUT2D eigenvalue weighted by Gasteiger charge is -2.19. The lowest BCUT2D eigenvalue weighted by Crippen LogP contribution is -2.30. The summed E-state index contributed by atoms with van der Waals surface area (Å²) >= 11 is 0. The highest BCUT2D eigenvalue weighted by molar-refractivity contribution is 5.71. The van der Waals surface area contributed by atoms with Crippen molar-refractivity contribution < 1.29 is 23.8 Å². The molecule has 0 radical (unpaired) electrons. The lowest BCUT2D eigenvalue weighted by molar-refractivity contribution is -0.157. The van der Waals surface area contributed by atoms with Gasteiger partial charge in [0.15, 0.2) is 0 Å². The van der Waals surface area contributed by atoms with Crippen LogP contribution in [0.4, 0.5) is 0 Å². The standard InChI is InChI=1S/2C18H38.C15H29NO5.C2H6/c2*1-4-6-8-10-12-14-16-18(3)17-15-13-11-9-7-5-2;1-6-12(2)15(18)21-11-14(10-20-13(3)17)19-9-7-8-16(4)5;1-2/h2*18H,4-17H2,1-3H3;12,14H,6-11H2,1-5H3;1-2H3. The van der Waals surface area contributed by atoms with Crippen LogP contribution < -0.4 is 0 Å². The summed E-state index contributed by atoms with van der Waals surface area (Å²) in [4.78, 5) is 24.6. The first-order chi connectivity index (χ1) is 28.5. The van der Waals surface area contributed by atoms with Crippen LogP contribution in [0.25, 0.3) is 0 Å². The number of nitrogens with zero attached hydrogens (tertiary/aromatic N) is 1. The lowest BCUT2D eigenvalue weighted by atomic mass is 9.96. The van der Waals surface area contributed by atoms with E-state index >= 15 is 0 Å². The third kappa shape index (κ3) is 59.0. The monoisotopic (exact) mass is 842 g/mol. The maximum atomic E-state index is 11.6. The van der Waals surface area contributed by atoms with Gasteiger partial charge in [0.25, 0.3) is 0 Å². The zero-order chi connectivity index (χ0) is 45.2. The van der Waals surface area contributed by atoms with Crippen LogP contribution in [0.1, 0.15) is 269 Å². The quantitative estimate of drug-likeness (QED) is 0.0454. The fourth-order valence-electron chi connectivity index (χ4n) is 6.85. The minimum absolute atomic E-state index is 0.102. The zero-order valence-corrected chi connectivity index (χ0v) is 42.8. The molecule has 0 heterocycles. The Balaban J connectivity index is -0.000000378. The first kappa shape index (κ1) is 64.5. The maximum absolute atomic E-state index is 11.6.